The molecular weight excluding hydrogens is 326 g/mol. The van der Waals surface area contributed by atoms with Crippen molar-refractivity contribution < 1.29 is 14.7 Å². The Morgan fingerprint density at radius 1 is 1.50 bits per heavy atom. The molecule has 0 bridgehead atoms. The third kappa shape index (κ3) is 2.88. The Morgan fingerprint density at radius 2 is 2.25 bits per heavy atom. The number of anilines is 1. The molecule has 1 amide bonds. The van der Waals surface area contributed by atoms with Crippen molar-refractivity contribution in [3.63, 3.8) is 0 Å². The van der Waals surface area contributed by atoms with Gasteiger partial charge in [-0.2, -0.15) is 0 Å². The molecule has 0 spiro atoms. The monoisotopic (exact) mass is 337 g/mol. The van der Waals surface area contributed by atoms with Crippen LogP contribution < -0.4 is 5.32 Å². The highest BCUT2D eigenvalue weighted by molar-refractivity contribution is 9.10. The number of nitrogens with zero attached hydrogens (tertiary/aromatic N) is 2. The molecule has 0 saturated carbocycles. The number of carbonyl (C=O) groups excluding carboxylic acids is 1. The lowest BCUT2D eigenvalue weighted by molar-refractivity contribution is 0.0698. The van der Waals surface area contributed by atoms with Crippen molar-refractivity contribution >= 4 is 33.5 Å². The molecule has 0 aliphatic rings. The summed E-state index contributed by atoms with van der Waals surface area (Å²) in [5, 5.41) is 11.6. The van der Waals surface area contributed by atoms with Crippen LogP contribution >= 0.6 is 15.9 Å². The van der Waals surface area contributed by atoms with E-state index in [2.05, 4.69) is 26.2 Å². The fourth-order valence-corrected chi connectivity index (χ4v) is 2.26. The smallest absolute Gasteiger partial charge is 0.337 e. The van der Waals surface area contributed by atoms with E-state index in [1.54, 1.807) is 16.8 Å². The van der Waals surface area contributed by atoms with E-state index in [1.807, 2.05) is 6.92 Å². The van der Waals surface area contributed by atoms with Crippen LogP contribution in [0.15, 0.2) is 35.2 Å². The van der Waals surface area contributed by atoms with E-state index in [9.17, 15) is 9.59 Å². The number of carboxylic acid groups (broad SMARTS) is 1. The summed E-state index contributed by atoms with van der Waals surface area (Å²) in [6.45, 7) is 2.54. The standard InChI is InChI=1S/C13H12BrN3O3/c1-2-17-7-8(14)5-11(17)12(18)16-10-6-15-4-3-9(10)13(19)20/h3-7H,2H2,1H3,(H,16,18)(H,19,20). The number of aromatic carboxylic acids is 1. The number of halogens is 1. The van der Waals surface area contributed by atoms with Crippen molar-refractivity contribution in [3.8, 4) is 0 Å². The first kappa shape index (κ1) is 14.3. The predicted molar refractivity (Wildman–Crippen MR) is 77.0 cm³/mol. The molecule has 2 N–H and O–H groups in total. The molecule has 2 aromatic heterocycles. The highest BCUT2D eigenvalue weighted by atomic mass is 79.9. The molecule has 0 radical (unpaired) electrons. The topological polar surface area (TPSA) is 84.2 Å². The molecule has 0 atom stereocenters. The maximum Gasteiger partial charge on any atom is 0.337 e. The summed E-state index contributed by atoms with van der Waals surface area (Å²) in [5.41, 5.74) is 0.617. The Labute approximate surface area is 123 Å². The van der Waals surface area contributed by atoms with Crippen molar-refractivity contribution in [3.05, 3.63) is 46.5 Å². The lowest BCUT2D eigenvalue weighted by atomic mass is 10.2. The zero-order valence-corrected chi connectivity index (χ0v) is 12.2. The third-order valence-electron chi connectivity index (χ3n) is 2.74. The van der Waals surface area contributed by atoms with Gasteiger partial charge in [-0.05, 0) is 35.0 Å². The van der Waals surface area contributed by atoms with Gasteiger partial charge < -0.3 is 15.0 Å². The highest BCUT2D eigenvalue weighted by Gasteiger charge is 2.16. The molecule has 0 aromatic carbocycles. The molecule has 0 fully saturated rings. The lowest BCUT2D eigenvalue weighted by Gasteiger charge is -2.09. The zero-order valence-electron chi connectivity index (χ0n) is 10.6. The maximum atomic E-state index is 12.2. The van der Waals surface area contributed by atoms with Crippen LogP contribution in [0, 0.1) is 0 Å². The summed E-state index contributed by atoms with van der Waals surface area (Å²) in [6, 6.07) is 3.02. The predicted octanol–water partition coefficient (Wildman–Crippen LogP) is 2.62. The second kappa shape index (κ2) is 5.87. The van der Waals surface area contributed by atoms with E-state index in [0.29, 0.717) is 12.2 Å². The second-order valence-corrected chi connectivity index (χ2v) is 4.93. The average molecular weight is 338 g/mol. The average Bonchev–Trinajstić information content (AvgIpc) is 2.80. The van der Waals surface area contributed by atoms with Gasteiger partial charge in [0.05, 0.1) is 17.4 Å². The second-order valence-electron chi connectivity index (χ2n) is 4.01. The fourth-order valence-electron chi connectivity index (χ4n) is 1.79. The van der Waals surface area contributed by atoms with Gasteiger partial charge in [0.25, 0.3) is 5.91 Å². The molecule has 20 heavy (non-hydrogen) atoms. The SMILES string of the molecule is CCn1cc(Br)cc1C(=O)Nc1cnccc1C(=O)O. The molecular formula is C13H12BrN3O3. The Kier molecular flexibility index (Phi) is 4.19. The summed E-state index contributed by atoms with van der Waals surface area (Å²) in [4.78, 5) is 27.1. The number of hydrogen-bond donors (Lipinski definition) is 2. The number of nitrogens with one attached hydrogen (secondary N) is 1. The molecule has 2 aromatic rings. The van der Waals surface area contributed by atoms with Crippen LogP contribution in [0.25, 0.3) is 0 Å². The summed E-state index contributed by atoms with van der Waals surface area (Å²) in [5.74, 6) is -1.50. The van der Waals surface area contributed by atoms with Gasteiger partial charge in [0, 0.05) is 23.4 Å². The molecule has 6 nitrogen and oxygen atoms in total. The van der Waals surface area contributed by atoms with Gasteiger partial charge in [-0.15, -0.1) is 0 Å². The Bertz CT molecular complexity index is 667. The van der Waals surface area contributed by atoms with E-state index >= 15 is 0 Å². The quantitative estimate of drug-likeness (QED) is 0.898. The first-order chi connectivity index (χ1) is 9.52. The largest absolute Gasteiger partial charge is 0.478 e. The van der Waals surface area contributed by atoms with Crippen LogP contribution in [0.4, 0.5) is 5.69 Å². The highest BCUT2D eigenvalue weighted by Crippen LogP contribution is 2.18. The molecule has 0 aliphatic carbocycles. The number of aromatic nitrogens is 2. The molecule has 0 saturated heterocycles. The van der Waals surface area contributed by atoms with Crippen LogP contribution in [-0.4, -0.2) is 26.5 Å². The van der Waals surface area contributed by atoms with E-state index < -0.39 is 5.97 Å². The normalized spacial score (nSPS) is 10.3. The summed E-state index contributed by atoms with van der Waals surface area (Å²) in [6.07, 6.45) is 4.47. The maximum absolute atomic E-state index is 12.2. The number of hydrogen-bond acceptors (Lipinski definition) is 3. The Balaban J connectivity index is 2.30. The van der Waals surface area contributed by atoms with Gasteiger partial charge >= 0.3 is 5.97 Å². The molecule has 2 heterocycles. The first-order valence-corrected chi connectivity index (χ1v) is 6.66. The van der Waals surface area contributed by atoms with Crippen LogP contribution in [0.1, 0.15) is 27.8 Å². The number of amides is 1. The van der Waals surface area contributed by atoms with Gasteiger partial charge in [0.15, 0.2) is 0 Å². The molecule has 7 heteroatoms. The number of carboxylic acids is 1. The minimum absolute atomic E-state index is 0.00187. The first-order valence-electron chi connectivity index (χ1n) is 5.87. The van der Waals surface area contributed by atoms with Crippen molar-refractivity contribution in [1.29, 1.82) is 0 Å². The molecule has 0 aliphatic heterocycles. The van der Waals surface area contributed by atoms with Gasteiger partial charge in [0.2, 0.25) is 0 Å². The summed E-state index contributed by atoms with van der Waals surface area (Å²) >= 11 is 3.31. The molecule has 104 valence electrons. The van der Waals surface area contributed by atoms with Crippen molar-refractivity contribution in [2.45, 2.75) is 13.5 Å². The number of rotatable bonds is 4. The number of carbonyl (C=O) groups is 2. The van der Waals surface area contributed by atoms with E-state index in [0.717, 1.165) is 4.47 Å². The van der Waals surface area contributed by atoms with Crippen LogP contribution in [0.2, 0.25) is 0 Å². The number of aryl methyl sites for hydroxylation is 1. The van der Waals surface area contributed by atoms with E-state index in [1.165, 1.54) is 18.5 Å². The Morgan fingerprint density at radius 3 is 2.90 bits per heavy atom. The molecule has 0 unspecified atom stereocenters. The van der Waals surface area contributed by atoms with E-state index in [4.69, 9.17) is 5.11 Å². The minimum atomic E-state index is -1.12. The minimum Gasteiger partial charge on any atom is -0.478 e. The lowest BCUT2D eigenvalue weighted by Crippen LogP contribution is -2.18. The van der Waals surface area contributed by atoms with Crippen LogP contribution in [-0.2, 0) is 6.54 Å². The molecule has 2 rings (SSSR count). The summed E-state index contributed by atoms with van der Waals surface area (Å²) in [7, 11) is 0. The third-order valence-corrected chi connectivity index (χ3v) is 3.17. The summed E-state index contributed by atoms with van der Waals surface area (Å²) < 4.78 is 2.55. The van der Waals surface area contributed by atoms with Gasteiger partial charge in [-0.3, -0.25) is 9.78 Å². The van der Waals surface area contributed by atoms with Crippen LogP contribution in [0.5, 0.6) is 0 Å². The van der Waals surface area contributed by atoms with Gasteiger partial charge in [0.1, 0.15) is 5.69 Å². The van der Waals surface area contributed by atoms with Gasteiger partial charge in [-0.25, -0.2) is 4.79 Å². The Hall–Kier alpha value is -2.15. The van der Waals surface area contributed by atoms with Crippen molar-refractivity contribution in [2.75, 3.05) is 5.32 Å². The fraction of sp³-hybridized carbons (Fsp3) is 0.154. The van der Waals surface area contributed by atoms with Crippen molar-refractivity contribution in [1.82, 2.24) is 9.55 Å². The van der Waals surface area contributed by atoms with Crippen LogP contribution in [0.3, 0.4) is 0 Å². The van der Waals surface area contributed by atoms with Crippen molar-refractivity contribution in [2.24, 2.45) is 0 Å². The number of pyridine rings is 1. The van der Waals surface area contributed by atoms with E-state index in [-0.39, 0.29) is 17.2 Å². The zero-order chi connectivity index (χ0) is 14.7. The van der Waals surface area contributed by atoms with Gasteiger partial charge in [-0.1, -0.05) is 0 Å².